The van der Waals surface area contributed by atoms with Crippen LogP contribution in [0.25, 0.3) is 11.1 Å². The molecule has 0 aliphatic rings. The van der Waals surface area contributed by atoms with Crippen molar-refractivity contribution in [2.24, 2.45) is 0 Å². The lowest BCUT2D eigenvalue weighted by Crippen LogP contribution is -2.15. The Kier molecular flexibility index (Phi) is 2.18. The van der Waals surface area contributed by atoms with E-state index in [1.54, 1.807) is 7.05 Å². The van der Waals surface area contributed by atoms with Crippen molar-refractivity contribution in [3.63, 3.8) is 0 Å². The predicted octanol–water partition coefficient (Wildman–Crippen LogP) is 0.677. The van der Waals surface area contributed by atoms with Gasteiger partial charge in [0.1, 0.15) is 0 Å². The third kappa shape index (κ3) is 1.46. The number of rotatable bonds is 3. The van der Waals surface area contributed by atoms with E-state index in [0.717, 1.165) is 0 Å². The predicted molar refractivity (Wildman–Crippen MR) is 51.1 cm³/mol. The van der Waals surface area contributed by atoms with Gasteiger partial charge in [0.2, 0.25) is 0 Å². The molecule has 0 saturated heterocycles. The Morgan fingerprint density at radius 2 is 2.33 bits per heavy atom. The summed E-state index contributed by atoms with van der Waals surface area (Å²) in [6, 6.07) is 2.86. The Labute approximate surface area is 83.4 Å². The highest BCUT2D eigenvalue weighted by Crippen LogP contribution is 2.28. The number of nitrogens with zero attached hydrogens (tertiary/aromatic N) is 3. The molecule has 8 nitrogen and oxygen atoms in total. The molecule has 0 fully saturated rings. The molecular formula is C7H7N5O3. The summed E-state index contributed by atoms with van der Waals surface area (Å²) in [5.74, 6) is 0. The second kappa shape index (κ2) is 3.50. The van der Waals surface area contributed by atoms with Crippen LogP contribution >= 0.6 is 0 Å². The molecule has 2 rings (SSSR count). The summed E-state index contributed by atoms with van der Waals surface area (Å²) in [5.41, 5.74) is 6.24. The molecule has 0 saturated carbocycles. The molecule has 0 aliphatic heterocycles. The van der Waals surface area contributed by atoms with E-state index in [4.69, 9.17) is 4.52 Å². The van der Waals surface area contributed by atoms with E-state index >= 15 is 0 Å². The first-order valence-electron chi connectivity index (χ1n) is 4.06. The molecule has 78 valence electrons. The number of hydrazine groups is 1. The maximum absolute atomic E-state index is 10.6. The normalized spacial score (nSPS) is 10.5. The lowest BCUT2D eigenvalue weighted by molar-refractivity contribution is -0.383. The summed E-state index contributed by atoms with van der Waals surface area (Å²) in [7, 11) is 1.67. The molecule has 1 heterocycles. The molecule has 0 unspecified atom stereocenters. The molecule has 0 amide bonds. The zero-order valence-corrected chi connectivity index (χ0v) is 7.72. The molecule has 0 aliphatic carbocycles. The van der Waals surface area contributed by atoms with Crippen LogP contribution in [0.4, 0.5) is 11.4 Å². The number of hydrogen-bond acceptors (Lipinski definition) is 7. The second-order valence-electron chi connectivity index (χ2n) is 2.72. The largest absolute Gasteiger partial charge is 0.329 e. The van der Waals surface area contributed by atoms with Crippen LogP contribution in [-0.2, 0) is 0 Å². The molecule has 2 aromatic rings. The fraction of sp³-hybridized carbons (Fsp3) is 0.143. The van der Waals surface area contributed by atoms with Crippen molar-refractivity contribution in [3.05, 3.63) is 22.2 Å². The number of anilines is 1. The molecule has 0 spiro atoms. The second-order valence-corrected chi connectivity index (χ2v) is 2.72. The van der Waals surface area contributed by atoms with Gasteiger partial charge in [0.15, 0.2) is 5.52 Å². The van der Waals surface area contributed by atoms with Gasteiger partial charge in [-0.1, -0.05) is 0 Å². The van der Waals surface area contributed by atoms with Crippen LogP contribution in [0.15, 0.2) is 16.7 Å². The van der Waals surface area contributed by atoms with Crippen molar-refractivity contribution >= 4 is 22.5 Å². The molecule has 2 N–H and O–H groups in total. The zero-order chi connectivity index (χ0) is 10.8. The van der Waals surface area contributed by atoms with Gasteiger partial charge in [-0.3, -0.25) is 10.1 Å². The van der Waals surface area contributed by atoms with Gasteiger partial charge in [-0.2, -0.15) is 0 Å². The Morgan fingerprint density at radius 1 is 1.53 bits per heavy atom. The summed E-state index contributed by atoms with van der Waals surface area (Å²) in [6.07, 6.45) is 0. The Morgan fingerprint density at radius 3 is 3.00 bits per heavy atom. The molecule has 8 heteroatoms. The number of fused-ring (bicyclic) bond motifs is 1. The van der Waals surface area contributed by atoms with Crippen molar-refractivity contribution in [1.82, 2.24) is 15.8 Å². The summed E-state index contributed by atoms with van der Waals surface area (Å²) in [4.78, 5) is 10.1. The molecule has 0 radical (unpaired) electrons. The van der Waals surface area contributed by atoms with Crippen LogP contribution in [0, 0.1) is 10.1 Å². The third-order valence-corrected chi connectivity index (χ3v) is 1.84. The van der Waals surface area contributed by atoms with Crippen molar-refractivity contribution in [2.75, 3.05) is 12.5 Å². The molecule has 1 aromatic heterocycles. The minimum Gasteiger partial charge on any atom is -0.329 e. The van der Waals surface area contributed by atoms with Gasteiger partial charge in [-0.05, 0) is 6.07 Å². The highest BCUT2D eigenvalue weighted by Gasteiger charge is 2.19. The zero-order valence-electron chi connectivity index (χ0n) is 7.72. The van der Waals surface area contributed by atoms with Gasteiger partial charge in [0, 0.05) is 18.4 Å². The number of nitro benzene ring substituents is 1. The monoisotopic (exact) mass is 209 g/mol. The molecule has 0 bridgehead atoms. The van der Waals surface area contributed by atoms with Gasteiger partial charge >= 0.3 is 5.69 Å². The molecule has 1 aromatic carbocycles. The number of hydrogen-bond donors (Lipinski definition) is 2. The average Bonchev–Trinajstić information content (AvgIpc) is 2.66. The minimum atomic E-state index is -0.543. The first-order valence-corrected chi connectivity index (χ1v) is 4.06. The maximum atomic E-state index is 10.6. The van der Waals surface area contributed by atoms with Gasteiger partial charge in [-0.25, -0.2) is 5.43 Å². The first kappa shape index (κ1) is 9.34. The SMILES string of the molecule is CNNc1ccc([N+](=O)[O-])c2onnc12. The van der Waals surface area contributed by atoms with E-state index in [1.165, 1.54) is 12.1 Å². The lowest BCUT2D eigenvalue weighted by Gasteiger charge is -2.02. The van der Waals surface area contributed by atoms with Crippen LogP contribution in [0.3, 0.4) is 0 Å². The van der Waals surface area contributed by atoms with Crippen molar-refractivity contribution < 1.29 is 9.45 Å². The van der Waals surface area contributed by atoms with Gasteiger partial charge in [0.05, 0.1) is 10.6 Å². The van der Waals surface area contributed by atoms with Crippen LogP contribution in [0.2, 0.25) is 0 Å². The summed E-state index contributed by atoms with van der Waals surface area (Å²) in [6.45, 7) is 0. The summed E-state index contributed by atoms with van der Waals surface area (Å²) < 4.78 is 4.73. The lowest BCUT2D eigenvalue weighted by atomic mass is 10.2. The Hall–Kier alpha value is -2.22. The summed E-state index contributed by atoms with van der Waals surface area (Å²) >= 11 is 0. The highest BCUT2D eigenvalue weighted by molar-refractivity contribution is 5.92. The van der Waals surface area contributed by atoms with E-state index < -0.39 is 4.92 Å². The van der Waals surface area contributed by atoms with Crippen molar-refractivity contribution in [3.8, 4) is 0 Å². The Bertz CT molecular complexity index is 508. The maximum Gasteiger partial charge on any atom is 0.316 e. The number of aromatic nitrogens is 2. The molecular weight excluding hydrogens is 202 g/mol. The van der Waals surface area contributed by atoms with E-state index in [2.05, 4.69) is 21.2 Å². The van der Waals surface area contributed by atoms with E-state index in [0.29, 0.717) is 11.2 Å². The van der Waals surface area contributed by atoms with E-state index in [9.17, 15) is 10.1 Å². The van der Waals surface area contributed by atoms with Gasteiger partial charge < -0.3 is 9.95 Å². The fourth-order valence-electron chi connectivity index (χ4n) is 1.23. The third-order valence-electron chi connectivity index (χ3n) is 1.84. The van der Waals surface area contributed by atoms with Crippen molar-refractivity contribution in [1.29, 1.82) is 0 Å². The first-order chi connectivity index (χ1) is 7.24. The summed E-state index contributed by atoms with van der Waals surface area (Å²) in [5, 5.41) is 17.6. The smallest absolute Gasteiger partial charge is 0.316 e. The van der Waals surface area contributed by atoms with Crippen LogP contribution in [0.5, 0.6) is 0 Å². The highest BCUT2D eigenvalue weighted by atomic mass is 16.6. The number of benzene rings is 1. The standard InChI is InChI=1S/C7H7N5O3/c1-8-9-4-2-3-5(12(13)14)7-6(4)10-11-15-7/h2-3,8-9H,1H3. The van der Waals surface area contributed by atoms with Crippen LogP contribution in [-0.4, -0.2) is 22.3 Å². The Balaban J connectivity index is 2.65. The van der Waals surface area contributed by atoms with E-state index in [-0.39, 0.29) is 11.3 Å². The van der Waals surface area contributed by atoms with Gasteiger partial charge in [-0.15, -0.1) is 5.10 Å². The molecule has 15 heavy (non-hydrogen) atoms. The molecule has 0 atom stereocenters. The number of nitrogens with one attached hydrogen (secondary N) is 2. The fourth-order valence-corrected chi connectivity index (χ4v) is 1.23. The minimum absolute atomic E-state index is 0.0558. The van der Waals surface area contributed by atoms with Crippen molar-refractivity contribution in [2.45, 2.75) is 0 Å². The topological polar surface area (TPSA) is 106 Å². The van der Waals surface area contributed by atoms with Crippen LogP contribution in [0.1, 0.15) is 0 Å². The number of nitro groups is 1. The van der Waals surface area contributed by atoms with Crippen LogP contribution < -0.4 is 10.9 Å². The van der Waals surface area contributed by atoms with E-state index in [1.807, 2.05) is 0 Å². The average molecular weight is 209 g/mol. The van der Waals surface area contributed by atoms with Gasteiger partial charge in [0.25, 0.3) is 5.58 Å². The number of non-ortho nitro benzene ring substituents is 1. The quantitative estimate of drug-likeness (QED) is 0.565.